The van der Waals surface area contributed by atoms with Crippen LogP contribution in [-0.4, -0.2) is 38.1 Å². The standard InChI is InChI=1S/C18H15IN4O4S3/c1-11-3-6-13(7-4-11)30(26,27)23-10-15(19)14-9-12(5-8-16(14)23)17-21-22-18(28-17)29(24,25)20-2/h3-10,20H,1-2H3. The SMILES string of the molecule is CNS(=O)(=O)c1nnc(-c2ccc3c(c2)c(I)cn3S(=O)(=O)c2ccc(C)cc2)s1. The molecule has 0 unspecified atom stereocenters. The molecule has 2 aromatic heterocycles. The highest BCUT2D eigenvalue weighted by molar-refractivity contribution is 14.1. The molecule has 12 heteroatoms. The van der Waals surface area contributed by atoms with E-state index in [0.29, 0.717) is 16.1 Å². The van der Waals surface area contributed by atoms with E-state index in [4.69, 9.17) is 0 Å². The second kappa shape index (κ2) is 7.67. The molecule has 0 aliphatic heterocycles. The summed E-state index contributed by atoms with van der Waals surface area (Å²) in [5, 5.41) is 8.86. The molecule has 0 bridgehead atoms. The van der Waals surface area contributed by atoms with E-state index >= 15 is 0 Å². The van der Waals surface area contributed by atoms with Crippen LogP contribution in [-0.2, 0) is 20.0 Å². The normalized spacial score (nSPS) is 12.5. The van der Waals surface area contributed by atoms with Crippen molar-refractivity contribution in [1.29, 1.82) is 0 Å². The number of halogens is 1. The van der Waals surface area contributed by atoms with E-state index in [2.05, 4.69) is 37.5 Å². The number of fused-ring (bicyclic) bond motifs is 1. The van der Waals surface area contributed by atoms with Crippen molar-refractivity contribution < 1.29 is 16.8 Å². The molecule has 1 N–H and O–H groups in total. The number of hydrogen-bond donors (Lipinski definition) is 1. The number of benzene rings is 2. The molecule has 0 saturated heterocycles. The van der Waals surface area contributed by atoms with Crippen LogP contribution in [0.4, 0.5) is 0 Å². The van der Waals surface area contributed by atoms with Gasteiger partial charge in [0.05, 0.1) is 10.4 Å². The zero-order valence-corrected chi connectivity index (χ0v) is 20.3. The molecule has 0 aliphatic carbocycles. The van der Waals surface area contributed by atoms with E-state index in [-0.39, 0.29) is 9.24 Å². The topological polar surface area (TPSA) is 111 Å². The second-order valence-electron chi connectivity index (χ2n) is 6.40. The van der Waals surface area contributed by atoms with Gasteiger partial charge in [0.2, 0.25) is 4.34 Å². The Labute approximate surface area is 191 Å². The summed E-state index contributed by atoms with van der Waals surface area (Å²) in [7, 11) is -6.13. The van der Waals surface area contributed by atoms with Gasteiger partial charge in [-0.1, -0.05) is 29.0 Å². The van der Waals surface area contributed by atoms with Crippen LogP contribution in [0.25, 0.3) is 21.5 Å². The average molecular weight is 574 g/mol. The molecular formula is C18H15IN4O4S3. The minimum Gasteiger partial charge on any atom is -0.240 e. The maximum absolute atomic E-state index is 13.1. The fourth-order valence-electron chi connectivity index (χ4n) is 2.84. The van der Waals surface area contributed by atoms with Crippen LogP contribution in [0, 0.1) is 10.5 Å². The molecular weight excluding hydrogens is 559 g/mol. The fraction of sp³-hybridized carbons (Fsp3) is 0.111. The van der Waals surface area contributed by atoms with Crippen LogP contribution in [0.5, 0.6) is 0 Å². The Kier molecular flexibility index (Phi) is 5.47. The lowest BCUT2D eigenvalue weighted by atomic mass is 10.2. The van der Waals surface area contributed by atoms with Gasteiger partial charge < -0.3 is 0 Å². The monoisotopic (exact) mass is 574 g/mol. The van der Waals surface area contributed by atoms with Crippen molar-refractivity contribution in [2.75, 3.05) is 7.05 Å². The van der Waals surface area contributed by atoms with Crippen molar-refractivity contribution in [3.05, 3.63) is 57.8 Å². The first-order valence-electron chi connectivity index (χ1n) is 8.54. The third kappa shape index (κ3) is 3.66. The van der Waals surface area contributed by atoms with Crippen LogP contribution < -0.4 is 4.72 Å². The highest BCUT2D eigenvalue weighted by Crippen LogP contribution is 2.33. The van der Waals surface area contributed by atoms with Gasteiger partial charge in [0.25, 0.3) is 20.0 Å². The number of nitrogens with zero attached hydrogens (tertiary/aromatic N) is 3. The van der Waals surface area contributed by atoms with Gasteiger partial charge in [-0.15, -0.1) is 10.2 Å². The molecule has 0 fully saturated rings. The van der Waals surface area contributed by atoms with Gasteiger partial charge in [-0.05, 0) is 66.9 Å². The molecule has 8 nitrogen and oxygen atoms in total. The van der Waals surface area contributed by atoms with Crippen molar-refractivity contribution in [3.63, 3.8) is 0 Å². The smallest absolute Gasteiger partial charge is 0.240 e. The lowest BCUT2D eigenvalue weighted by Crippen LogP contribution is -2.18. The van der Waals surface area contributed by atoms with Gasteiger partial charge in [-0.25, -0.2) is 25.5 Å². The molecule has 2 aromatic carbocycles. The molecule has 30 heavy (non-hydrogen) atoms. The summed E-state index contributed by atoms with van der Waals surface area (Å²) in [5.41, 5.74) is 2.15. The van der Waals surface area contributed by atoms with Crippen molar-refractivity contribution in [2.24, 2.45) is 0 Å². The first kappa shape index (κ1) is 21.4. The zero-order valence-electron chi connectivity index (χ0n) is 15.7. The molecule has 0 atom stereocenters. The molecule has 156 valence electrons. The number of sulfonamides is 1. The van der Waals surface area contributed by atoms with E-state index in [0.717, 1.165) is 25.9 Å². The summed E-state index contributed by atoms with van der Waals surface area (Å²) < 4.78 is 54.2. The third-order valence-corrected chi connectivity index (χ3v) is 9.75. The largest absolute Gasteiger partial charge is 0.269 e. The maximum atomic E-state index is 13.1. The minimum absolute atomic E-state index is 0.130. The van der Waals surface area contributed by atoms with Crippen LogP contribution in [0.1, 0.15) is 5.56 Å². The summed E-state index contributed by atoms with van der Waals surface area (Å²) in [4.78, 5) is 0.205. The Hall–Kier alpha value is -1.87. The molecule has 0 aliphatic rings. The Morgan fingerprint density at radius 3 is 2.40 bits per heavy atom. The van der Waals surface area contributed by atoms with Gasteiger partial charge in [0.15, 0.2) is 0 Å². The molecule has 0 saturated carbocycles. The Morgan fingerprint density at radius 2 is 1.73 bits per heavy atom. The first-order chi connectivity index (χ1) is 14.1. The summed E-state index contributed by atoms with van der Waals surface area (Å²) in [6, 6.07) is 11.9. The van der Waals surface area contributed by atoms with Crippen molar-refractivity contribution >= 4 is 64.9 Å². The fourth-order valence-corrected chi connectivity index (χ4v) is 6.93. The van der Waals surface area contributed by atoms with E-state index in [9.17, 15) is 16.8 Å². The van der Waals surface area contributed by atoms with E-state index in [1.807, 2.05) is 6.92 Å². The highest BCUT2D eigenvalue weighted by atomic mass is 127. The molecule has 4 aromatic rings. The lowest BCUT2D eigenvalue weighted by Gasteiger charge is -2.08. The quantitative estimate of drug-likeness (QED) is 0.367. The molecule has 2 heterocycles. The summed E-state index contributed by atoms with van der Waals surface area (Å²) in [6.07, 6.45) is 1.57. The van der Waals surface area contributed by atoms with Crippen LogP contribution in [0.2, 0.25) is 0 Å². The maximum Gasteiger partial charge on any atom is 0.269 e. The van der Waals surface area contributed by atoms with Crippen LogP contribution in [0.15, 0.2) is 57.9 Å². The number of nitrogens with one attached hydrogen (secondary N) is 1. The first-order valence-corrected chi connectivity index (χ1v) is 13.4. The Morgan fingerprint density at radius 1 is 1.03 bits per heavy atom. The van der Waals surface area contributed by atoms with Crippen LogP contribution >= 0.6 is 33.9 Å². The molecule has 0 spiro atoms. The van der Waals surface area contributed by atoms with Gasteiger partial charge >= 0.3 is 0 Å². The average Bonchev–Trinajstić information content (AvgIpc) is 3.34. The predicted molar refractivity (Wildman–Crippen MR) is 124 cm³/mol. The number of hydrogen-bond acceptors (Lipinski definition) is 7. The van der Waals surface area contributed by atoms with E-state index in [1.165, 1.54) is 11.0 Å². The van der Waals surface area contributed by atoms with Gasteiger partial charge in [-0.2, -0.15) is 0 Å². The highest BCUT2D eigenvalue weighted by Gasteiger charge is 2.22. The van der Waals surface area contributed by atoms with Crippen molar-refractivity contribution in [2.45, 2.75) is 16.2 Å². The molecule has 0 amide bonds. The molecule has 4 rings (SSSR count). The lowest BCUT2D eigenvalue weighted by molar-refractivity contribution is 0.585. The number of aryl methyl sites for hydroxylation is 1. The van der Waals surface area contributed by atoms with Crippen molar-refractivity contribution in [3.8, 4) is 10.6 Å². The summed E-state index contributed by atoms with van der Waals surface area (Å²) in [6.45, 7) is 1.90. The minimum atomic E-state index is -3.76. The third-order valence-electron chi connectivity index (χ3n) is 4.45. The number of rotatable bonds is 5. The van der Waals surface area contributed by atoms with E-state index < -0.39 is 20.0 Å². The summed E-state index contributed by atoms with van der Waals surface area (Å²) in [5.74, 6) is 0. The van der Waals surface area contributed by atoms with E-state index in [1.54, 1.807) is 48.7 Å². The van der Waals surface area contributed by atoms with Gasteiger partial charge in [-0.3, -0.25) is 0 Å². The van der Waals surface area contributed by atoms with Gasteiger partial charge in [0.1, 0.15) is 5.01 Å². The predicted octanol–water partition coefficient (Wildman–Crippen LogP) is 3.22. The second-order valence-corrected chi connectivity index (χ2v) is 12.4. The Bertz CT molecular complexity index is 1470. The van der Waals surface area contributed by atoms with Crippen LogP contribution in [0.3, 0.4) is 0 Å². The Balaban J connectivity index is 1.82. The summed E-state index contributed by atoms with van der Waals surface area (Å²) >= 11 is 3.02. The van der Waals surface area contributed by atoms with Gasteiger partial charge in [0, 0.05) is 20.7 Å². The number of aromatic nitrogens is 3. The molecule has 0 radical (unpaired) electrons. The zero-order chi connectivity index (χ0) is 21.7. The van der Waals surface area contributed by atoms with Crippen molar-refractivity contribution in [1.82, 2.24) is 18.9 Å².